The average molecular weight is 327 g/mol. The van der Waals surface area contributed by atoms with E-state index in [0.717, 1.165) is 12.1 Å². The molecule has 0 unspecified atom stereocenters. The molecule has 2 aromatic carbocycles. The van der Waals surface area contributed by atoms with Crippen LogP contribution in [0.1, 0.15) is 18.1 Å². The fourth-order valence-electron chi connectivity index (χ4n) is 2.58. The number of hydrogen-bond donors (Lipinski definition) is 1. The summed E-state index contributed by atoms with van der Waals surface area (Å²) in [6, 6.07) is 14.2. The van der Waals surface area contributed by atoms with Gasteiger partial charge in [0, 0.05) is 18.7 Å². The summed E-state index contributed by atoms with van der Waals surface area (Å²) in [5.41, 5.74) is 3.50. The van der Waals surface area contributed by atoms with Gasteiger partial charge in [-0.05, 0) is 18.6 Å². The van der Waals surface area contributed by atoms with Crippen molar-refractivity contribution in [2.75, 3.05) is 27.9 Å². The minimum absolute atomic E-state index is 0.621. The molecular formula is C20H25NO3. The number of methoxy groups -OCH3 is 3. The first-order valence-corrected chi connectivity index (χ1v) is 7.90. The first-order valence-electron chi connectivity index (χ1n) is 7.90. The molecule has 0 aliphatic heterocycles. The van der Waals surface area contributed by atoms with Crippen molar-refractivity contribution in [3.8, 4) is 17.2 Å². The number of ether oxygens (including phenoxy) is 3. The molecule has 0 aliphatic carbocycles. The normalized spacial score (nSPS) is 11.2. The van der Waals surface area contributed by atoms with E-state index < -0.39 is 0 Å². The van der Waals surface area contributed by atoms with Gasteiger partial charge in [0.15, 0.2) is 11.5 Å². The third-order valence-corrected chi connectivity index (χ3v) is 3.72. The van der Waals surface area contributed by atoms with Crippen molar-refractivity contribution in [2.24, 2.45) is 0 Å². The molecule has 128 valence electrons. The average Bonchev–Trinajstić information content (AvgIpc) is 2.61. The van der Waals surface area contributed by atoms with Crippen molar-refractivity contribution in [1.82, 2.24) is 5.32 Å². The van der Waals surface area contributed by atoms with Crippen LogP contribution in [0.4, 0.5) is 0 Å². The first-order chi connectivity index (χ1) is 11.7. The van der Waals surface area contributed by atoms with Crippen LogP contribution in [0.15, 0.2) is 48.0 Å². The number of rotatable bonds is 8. The van der Waals surface area contributed by atoms with Crippen LogP contribution in [0.3, 0.4) is 0 Å². The van der Waals surface area contributed by atoms with E-state index in [1.165, 1.54) is 11.1 Å². The van der Waals surface area contributed by atoms with Crippen LogP contribution in [-0.2, 0) is 6.54 Å². The fourth-order valence-corrected chi connectivity index (χ4v) is 2.58. The Kier molecular flexibility index (Phi) is 6.70. The molecule has 0 bridgehead atoms. The van der Waals surface area contributed by atoms with E-state index in [2.05, 4.69) is 30.4 Å². The molecule has 0 aliphatic rings. The van der Waals surface area contributed by atoms with Crippen LogP contribution >= 0.6 is 0 Å². The van der Waals surface area contributed by atoms with E-state index in [1.807, 2.05) is 30.3 Å². The van der Waals surface area contributed by atoms with Crippen LogP contribution < -0.4 is 19.5 Å². The van der Waals surface area contributed by atoms with Gasteiger partial charge in [-0.2, -0.15) is 0 Å². The lowest BCUT2D eigenvalue weighted by molar-refractivity contribution is 0.321. The summed E-state index contributed by atoms with van der Waals surface area (Å²) in [6.07, 6.45) is 2.18. The fraction of sp³-hybridized carbons (Fsp3) is 0.300. The maximum absolute atomic E-state index is 5.50. The lowest BCUT2D eigenvalue weighted by Gasteiger charge is -2.16. The Morgan fingerprint density at radius 1 is 0.917 bits per heavy atom. The standard InChI is InChI=1S/C20H25NO3/c1-15(12-16-8-6-5-7-9-16)13-21-14-17-10-11-18(22-2)20(24-4)19(17)23-3/h5-12,21H,13-14H2,1-4H3/b15-12+. The predicted octanol–water partition coefficient (Wildman–Crippen LogP) is 3.91. The van der Waals surface area contributed by atoms with Crippen molar-refractivity contribution in [3.05, 3.63) is 59.2 Å². The Morgan fingerprint density at radius 3 is 2.25 bits per heavy atom. The van der Waals surface area contributed by atoms with E-state index in [1.54, 1.807) is 21.3 Å². The molecule has 4 nitrogen and oxygen atoms in total. The van der Waals surface area contributed by atoms with E-state index >= 15 is 0 Å². The zero-order valence-corrected chi connectivity index (χ0v) is 14.8. The van der Waals surface area contributed by atoms with Gasteiger partial charge in [-0.1, -0.05) is 48.0 Å². The first kappa shape index (κ1) is 17.9. The quantitative estimate of drug-likeness (QED) is 0.798. The van der Waals surface area contributed by atoms with Crippen LogP contribution in [0.25, 0.3) is 6.08 Å². The van der Waals surface area contributed by atoms with Gasteiger partial charge in [-0.3, -0.25) is 0 Å². The molecule has 4 heteroatoms. The predicted molar refractivity (Wildman–Crippen MR) is 97.9 cm³/mol. The van der Waals surface area contributed by atoms with Gasteiger partial charge < -0.3 is 19.5 Å². The summed E-state index contributed by atoms with van der Waals surface area (Å²) in [5.74, 6) is 1.99. The summed E-state index contributed by atoms with van der Waals surface area (Å²) >= 11 is 0. The van der Waals surface area contributed by atoms with E-state index in [9.17, 15) is 0 Å². The molecule has 0 aromatic heterocycles. The molecule has 2 aromatic rings. The lowest BCUT2D eigenvalue weighted by atomic mass is 10.1. The summed E-state index contributed by atoms with van der Waals surface area (Å²) in [4.78, 5) is 0. The highest BCUT2D eigenvalue weighted by molar-refractivity contribution is 5.56. The molecule has 0 saturated heterocycles. The van der Waals surface area contributed by atoms with Crippen molar-refractivity contribution >= 4 is 6.08 Å². The highest BCUT2D eigenvalue weighted by Gasteiger charge is 2.15. The minimum atomic E-state index is 0.621. The molecule has 0 spiro atoms. The van der Waals surface area contributed by atoms with E-state index in [0.29, 0.717) is 23.8 Å². The van der Waals surface area contributed by atoms with E-state index in [4.69, 9.17) is 14.2 Å². The van der Waals surface area contributed by atoms with Crippen molar-refractivity contribution in [2.45, 2.75) is 13.5 Å². The topological polar surface area (TPSA) is 39.7 Å². The monoisotopic (exact) mass is 327 g/mol. The molecule has 0 amide bonds. The Balaban J connectivity index is 2.03. The van der Waals surface area contributed by atoms with Gasteiger partial charge in [0.1, 0.15) is 0 Å². The number of hydrogen-bond acceptors (Lipinski definition) is 4. The molecule has 0 saturated carbocycles. The third kappa shape index (κ3) is 4.52. The smallest absolute Gasteiger partial charge is 0.203 e. The van der Waals surface area contributed by atoms with Gasteiger partial charge in [0.05, 0.1) is 21.3 Å². The summed E-state index contributed by atoms with van der Waals surface area (Å²) in [5, 5.41) is 3.44. The largest absolute Gasteiger partial charge is 0.493 e. The zero-order chi connectivity index (χ0) is 17.4. The molecule has 0 radical (unpaired) electrons. The molecule has 0 atom stereocenters. The minimum Gasteiger partial charge on any atom is -0.493 e. The Bertz CT molecular complexity index is 681. The SMILES string of the molecule is COc1ccc(CNC/C(C)=C/c2ccccc2)c(OC)c1OC. The number of nitrogens with one attached hydrogen (secondary N) is 1. The molecule has 0 fully saturated rings. The van der Waals surface area contributed by atoms with Gasteiger partial charge in [-0.15, -0.1) is 0 Å². The van der Waals surface area contributed by atoms with Crippen LogP contribution in [0.2, 0.25) is 0 Å². The molecule has 2 rings (SSSR count). The maximum Gasteiger partial charge on any atom is 0.203 e. The number of benzene rings is 2. The second-order valence-electron chi connectivity index (χ2n) is 5.50. The molecule has 24 heavy (non-hydrogen) atoms. The van der Waals surface area contributed by atoms with Crippen LogP contribution in [-0.4, -0.2) is 27.9 Å². The van der Waals surface area contributed by atoms with Crippen molar-refractivity contribution < 1.29 is 14.2 Å². The van der Waals surface area contributed by atoms with E-state index in [-0.39, 0.29) is 0 Å². The Hall–Kier alpha value is -2.46. The van der Waals surface area contributed by atoms with Gasteiger partial charge in [0.25, 0.3) is 0 Å². The second-order valence-corrected chi connectivity index (χ2v) is 5.50. The maximum atomic E-state index is 5.50. The van der Waals surface area contributed by atoms with Crippen LogP contribution in [0, 0.1) is 0 Å². The Morgan fingerprint density at radius 2 is 1.62 bits per heavy atom. The molecule has 1 N–H and O–H groups in total. The highest BCUT2D eigenvalue weighted by Crippen LogP contribution is 2.39. The lowest BCUT2D eigenvalue weighted by Crippen LogP contribution is -2.16. The van der Waals surface area contributed by atoms with Gasteiger partial charge in [0.2, 0.25) is 5.75 Å². The molecular weight excluding hydrogens is 302 g/mol. The summed E-state index contributed by atoms with van der Waals surface area (Å²) < 4.78 is 16.2. The summed E-state index contributed by atoms with van der Waals surface area (Å²) in [7, 11) is 4.87. The second kappa shape index (κ2) is 8.99. The third-order valence-electron chi connectivity index (χ3n) is 3.72. The highest BCUT2D eigenvalue weighted by atomic mass is 16.5. The van der Waals surface area contributed by atoms with Crippen LogP contribution in [0.5, 0.6) is 17.2 Å². The zero-order valence-electron chi connectivity index (χ0n) is 14.8. The van der Waals surface area contributed by atoms with Crippen molar-refractivity contribution in [3.63, 3.8) is 0 Å². The van der Waals surface area contributed by atoms with Crippen molar-refractivity contribution in [1.29, 1.82) is 0 Å². The van der Waals surface area contributed by atoms with Gasteiger partial charge >= 0.3 is 0 Å². The molecule has 0 heterocycles. The Labute approximate surface area is 144 Å². The van der Waals surface area contributed by atoms with Gasteiger partial charge in [-0.25, -0.2) is 0 Å². The summed E-state index contributed by atoms with van der Waals surface area (Å²) in [6.45, 7) is 3.60.